The second-order valence-electron chi connectivity index (χ2n) is 5.80. The Morgan fingerprint density at radius 3 is 2.91 bits per heavy atom. The molecule has 1 aliphatic heterocycles. The molecule has 0 aliphatic carbocycles. The highest BCUT2D eigenvalue weighted by molar-refractivity contribution is 6.32. The third kappa shape index (κ3) is 3.27. The van der Waals surface area contributed by atoms with Crippen LogP contribution >= 0.6 is 11.6 Å². The minimum Gasteiger partial charge on any atom is -0.506 e. The molecular formula is C18H19ClN2O2. The third-order valence-electron chi connectivity index (χ3n) is 4.22. The topological polar surface area (TPSA) is 52.6 Å². The van der Waals surface area contributed by atoms with E-state index in [1.807, 2.05) is 6.07 Å². The lowest BCUT2D eigenvalue weighted by Crippen LogP contribution is -2.41. The molecule has 1 atom stereocenters. The van der Waals surface area contributed by atoms with Crippen molar-refractivity contribution in [2.75, 3.05) is 18.0 Å². The summed E-state index contributed by atoms with van der Waals surface area (Å²) in [7, 11) is 0. The number of carbonyl (C=O) groups is 1. The SMILES string of the molecule is CC(CNC(=O)c1ccc(O)c(Cl)c1)N1CCc2ccccc21. The molecule has 23 heavy (non-hydrogen) atoms. The highest BCUT2D eigenvalue weighted by Crippen LogP contribution is 2.29. The number of aromatic hydroxyl groups is 1. The van der Waals surface area contributed by atoms with Crippen molar-refractivity contribution in [3.63, 3.8) is 0 Å². The van der Waals surface area contributed by atoms with Crippen molar-refractivity contribution in [1.82, 2.24) is 5.32 Å². The molecule has 1 unspecified atom stereocenters. The van der Waals surface area contributed by atoms with Gasteiger partial charge in [-0.25, -0.2) is 0 Å². The van der Waals surface area contributed by atoms with Crippen LogP contribution in [0.4, 0.5) is 5.69 Å². The number of fused-ring (bicyclic) bond motifs is 1. The maximum Gasteiger partial charge on any atom is 0.251 e. The minimum absolute atomic E-state index is 0.0229. The zero-order chi connectivity index (χ0) is 16.4. The zero-order valence-electron chi connectivity index (χ0n) is 12.9. The first-order chi connectivity index (χ1) is 11.1. The van der Waals surface area contributed by atoms with E-state index in [4.69, 9.17) is 11.6 Å². The van der Waals surface area contributed by atoms with Crippen molar-refractivity contribution in [1.29, 1.82) is 0 Å². The number of benzene rings is 2. The molecule has 0 radical (unpaired) electrons. The number of phenols is 1. The molecule has 0 bridgehead atoms. The molecule has 4 nitrogen and oxygen atoms in total. The van der Waals surface area contributed by atoms with Gasteiger partial charge in [0.15, 0.2) is 0 Å². The number of carbonyl (C=O) groups excluding carboxylic acids is 1. The largest absolute Gasteiger partial charge is 0.506 e. The molecule has 0 saturated heterocycles. The van der Waals surface area contributed by atoms with Gasteiger partial charge in [-0.1, -0.05) is 29.8 Å². The highest BCUT2D eigenvalue weighted by Gasteiger charge is 2.23. The summed E-state index contributed by atoms with van der Waals surface area (Å²) in [6.07, 6.45) is 1.04. The quantitative estimate of drug-likeness (QED) is 0.905. The van der Waals surface area contributed by atoms with Gasteiger partial charge in [0.25, 0.3) is 5.91 Å². The number of hydrogen-bond acceptors (Lipinski definition) is 3. The normalized spacial score (nSPS) is 14.4. The second-order valence-corrected chi connectivity index (χ2v) is 6.20. The molecule has 0 saturated carbocycles. The summed E-state index contributed by atoms with van der Waals surface area (Å²) in [4.78, 5) is 14.5. The average Bonchev–Trinajstić information content (AvgIpc) is 2.99. The molecule has 1 heterocycles. The summed E-state index contributed by atoms with van der Waals surface area (Å²) >= 11 is 5.84. The van der Waals surface area contributed by atoms with E-state index in [9.17, 15) is 9.90 Å². The van der Waals surface area contributed by atoms with Crippen LogP contribution in [0, 0.1) is 0 Å². The Morgan fingerprint density at radius 2 is 2.13 bits per heavy atom. The van der Waals surface area contributed by atoms with E-state index >= 15 is 0 Å². The number of anilines is 1. The number of amides is 1. The molecule has 2 aromatic rings. The van der Waals surface area contributed by atoms with Crippen molar-refractivity contribution >= 4 is 23.2 Å². The Balaban J connectivity index is 1.62. The van der Waals surface area contributed by atoms with E-state index in [2.05, 4.69) is 35.3 Å². The lowest BCUT2D eigenvalue weighted by molar-refractivity contribution is 0.0951. The molecule has 2 aromatic carbocycles. The molecule has 0 aromatic heterocycles. The van der Waals surface area contributed by atoms with Crippen LogP contribution in [0.5, 0.6) is 5.75 Å². The van der Waals surface area contributed by atoms with Gasteiger partial charge >= 0.3 is 0 Å². The van der Waals surface area contributed by atoms with Crippen LogP contribution in [0.2, 0.25) is 5.02 Å². The van der Waals surface area contributed by atoms with E-state index in [1.54, 1.807) is 6.07 Å². The predicted octanol–water partition coefficient (Wildman–Crippen LogP) is 3.23. The predicted molar refractivity (Wildman–Crippen MR) is 92.4 cm³/mol. The summed E-state index contributed by atoms with van der Waals surface area (Å²) in [5.41, 5.74) is 3.06. The molecule has 3 rings (SSSR count). The van der Waals surface area contributed by atoms with Crippen LogP contribution in [0.15, 0.2) is 42.5 Å². The number of halogens is 1. The first-order valence-electron chi connectivity index (χ1n) is 7.67. The fraction of sp³-hybridized carbons (Fsp3) is 0.278. The van der Waals surface area contributed by atoms with Crippen LogP contribution in [0.1, 0.15) is 22.8 Å². The smallest absolute Gasteiger partial charge is 0.251 e. The fourth-order valence-corrected chi connectivity index (χ4v) is 3.10. The second kappa shape index (κ2) is 6.50. The lowest BCUT2D eigenvalue weighted by atomic mass is 10.1. The van der Waals surface area contributed by atoms with Gasteiger partial charge in [-0.05, 0) is 43.2 Å². The maximum absolute atomic E-state index is 12.2. The van der Waals surface area contributed by atoms with E-state index in [0.29, 0.717) is 12.1 Å². The van der Waals surface area contributed by atoms with Crippen molar-refractivity contribution in [2.24, 2.45) is 0 Å². The molecular weight excluding hydrogens is 312 g/mol. The number of phenolic OH excluding ortho intramolecular Hbond substituents is 1. The van der Waals surface area contributed by atoms with Gasteiger partial charge in [0, 0.05) is 30.4 Å². The summed E-state index contributed by atoms with van der Waals surface area (Å²) in [6.45, 7) is 3.62. The van der Waals surface area contributed by atoms with Crippen molar-refractivity contribution in [3.05, 3.63) is 58.6 Å². The lowest BCUT2D eigenvalue weighted by Gasteiger charge is -2.27. The Hall–Kier alpha value is -2.20. The standard InChI is InChI=1S/C18H19ClN2O2/c1-12(21-9-8-13-4-2-3-5-16(13)21)11-20-18(23)14-6-7-17(22)15(19)10-14/h2-7,10,12,22H,8-9,11H2,1H3,(H,20,23). The number of para-hydroxylation sites is 1. The first-order valence-corrected chi connectivity index (χ1v) is 8.05. The molecule has 120 valence electrons. The van der Waals surface area contributed by atoms with Crippen LogP contribution in [0.3, 0.4) is 0 Å². The number of nitrogens with zero attached hydrogens (tertiary/aromatic N) is 1. The van der Waals surface area contributed by atoms with Crippen molar-refractivity contribution in [3.8, 4) is 5.75 Å². The Bertz CT molecular complexity index is 733. The summed E-state index contributed by atoms with van der Waals surface area (Å²) in [5.74, 6) is -0.212. The van der Waals surface area contributed by atoms with Crippen LogP contribution in [-0.2, 0) is 6.42 Å². The third-order valence-corrected chi connectivity index (χ3v) is 4.53. The van der Waals surface area contributed by atoms with Gasteiger partial charge in [0.1, 0.15) is 5.75 Å². The van der Waals surface area contributed by atoms with Gasteiger partial charge in [-0.2, -0.15) is 0 Å². The van der Waals surface area contributed by atoms with Crippen LogP contribution < -0.4 is 10.2 Å². The number of rotatable bonds is 4. The average molecular weight is 331 g/mol. The Labute approximate surface area is 140 Å². The van der Waals surface area contributed by atoms with Gasteiger partial charge < -0.3 is 15.3 Å². The molecule has 1 amide bonds. The Kier molecular flexibility index (Phi) is 4.44. The van der Waals surface area contributed by atoms with E-state index in [-0.39, 0.29) is 22.7 Å². The number of hydrogen-bond donors (Lipinski definition) is 2. The van der Waals surface area contributed by atoms with Gasteiger partial charge in [0.05, 0.1) is 5.02 Å². The van der Waals surface area contributed by atoms with Gasteiger partial charge in [0.2, 0.25) is 0 Å². The van der Waals surface area contributed by atoms with Crippen LogP contribution in [-0.4, -0.2) is 30.1 Å². The van der Waals surface area contributed by atoms with E-state index in [0.717, 1.165) is 13.0 Å². The van der Waals surface area contributed by atoms with Crippen molar-refractivity contribution in [2.45, 2.75) is 19.4 Å². The monoisotopic (exact) mass is 330 g/mol. The highest BCUT2D eigenvalue weighted by atomic mass is 35.5. The first kappa shape index (κ1) is 15.7. The zero-order valence-corrected chi connectivity index (χ0v) is 13.7. The van der Waals surface area contributed by atoms with E-state index in [1.165, 1.54) is 23.4 Å². The number of nitrogens with one attached hydrogen (secondary N) is 1. The summed E-state index contributed by atoms with van der Waals surface area (Å²) in [6, 6.07) is 13.0. The molecule has 2 N–H and O–H groups in total. The summed E-state index contributed by atoms with van der Waals surface area (Å²) < 4.78 is 0. The van der Waals surface area contributed by atoms with Gasteiger partial charge in [-0.3, -0.25) is 4.79 Å². The molecule has 0 fully saturated rings. The van der Waals surface area contributed by atoms with Crippen molar-refractivity contribution < 1.29 is 9.90 Å². The van der Waals surface area contributed by atoms with E-state index < -0.39 is 0 Å². The molecule has 1 aliphatic rings. The minimum atomic E-state index is -0.189. The van der Waals surface area contributed by atoms with Gasteiger partial charge in [-0.15, -0.1) is 0 Å². The van der Waals surface area contributed by atoms with Crippen LogP contribution in [0.25, 0.3) is 0 Å². The fourth-order valence-electron chi connectivity index (χ4n) is 2.92. The Morgan fingerprint density at radius 1 is 1.35 bits per heavy atom. The molecule has 5 heteroatoms. The summed E-state index contributed by atoms with van der Waals surface area (Å²) in [5, 5.41) is 12.5. The molecule has 0 spiro atoms. The maximum atomic E-state index is 12.2.